The maximum absolute atomic E-state index is 13.1. The van der Waals surface area contributed by atoms with Crippen molar-refractivity contribution in [3.8, 4) is 6.07 Å². The second kappa shape index (κ2) is 6.83. The zero-order valence-electron chi connectivity index (χ0n) is 14.0. The summed E-state index contributed by atoms with van der Waals surface area (Å²) in [5.41, 5.74) is 10.2. The molecule has 0 unspecified atom stereocenters. The minimum absolute atomic E-state index is 0.0147. The van der Waals surface area contributed by atoms with E-state index in [1.54, 1.807) is 6.92 Å². The van der Waals surface area contributed by atoms with E-state index in [0.717, 1.165) is 0 Å². The lowest BCUT2D eigenvalue weighted by atomic mass is 10.1. The molecule has 0 fully saturated rings. The smallest absolute Gasteiger partial charge is 0.264 e. The fraction of sp³-hybridized carbons (Fsp3) is 0.188. The number of rotatable bonds is 4. The molecule has 1 aromatic carbocycles. The Morgan fingerprint density at radius 3 is 2.67 bits per heavy atom. The van der Waals surface area contributed by atoms with Crippen molar-refractivity contribution in [2.75, 3.05) is 16.8 Å². The number of anilines is 3. The molecule has 3 rings (SSSR count). The summed E-state index contributed by atoms with van der Waals surface area (Å²) in [6, 6.07) is 5.27. The van der Waals surface area contributed by atoms with Crippen molar-refractivity contribution >= 4 is 28.5 Å². The minimum Gasteiger partial charge on any atom is -0.382 e. The first-order valence-corrected chi connectivity index (χ1v) is 7.72. The maximum Gasteiger partial charge on any atom is 0.264 e. The lowest BCUT2D eigenvalue weighted by Crippen LogP contribution is -2.20. The van der Waals surface area contributed by atoms with Crippen LogP contribution in [0.1, 0.15) is 36.3 Å². The first-order valence-electron chi connectivity index (χ1n) is 7.72. The number of fused-ring (bicyclic) bond motifs is 1. The van der Waals surface area contributed by atoms with Gasteiger partial charge in [0.1, 0.15) is 23.3 Å². The average molecular weight is 372 g/mol. The van der Waals surface area contributed by atoms with Crippen LogP contribution in [-0.2, 0) is 0 Å². The Labute approximate surface area is 151 Å². The van der Waals surface area contributed by atoms with E-state index in [9.17, 15) is 18.8 Å². The van der Waals surface area contributed by atoms with Gasteiger partial charge in [0.2, 0.25) is 5.95 Å². The van der Waals surface area contributed by atoms with Crippen molar-refractivity contribution < 1.29 is 8.78 Å². The summed E-state index contributed by atoms with van der Waals surface area (Å²) >= 11 is 0. The van der Waals surface area contributed by atoms with Gasteiger partial charge < -0.3 is 21.8 Å². The number of nitrogens with two attached hydrogens (primary N) is 2. The van der Waals surface area contributed by atoms with Gasteiger partial charge >= 0.3 is 0 Å². The van der Waals surface area contributed by atoms with Crippen molar-refractivity contribution in [2.24, 2.45) is 0 Å². The largest absolute Gasteiger partial charge is 0.382 e. The van der Waals surface area contributed by atoms with E-state index in [-0.39, 0.29) is 39.9 Å². The molecule has 1 atom stereocenters. The highest BCUT2D eigenvalue weighted by atomic mass is 19.3. The van der Waals surface area contributed by atoms with Crippen LogP contribution in [0.25, 0.3) is 10.9 Å². The van der Waals surface area contributed by atoms with Crippen LogP contribution in [-0.4, -0.2) is 19.9 Å². The molecular formula is C16H14F2N8O. The zero-order chi connectivity index (χ0) is 19.7. The Morgan fingerprint density at radius 2 is 2.00 bits per heavy atom. The average Bonchev–Trinajstić information content (AvgIpc) is 2.60. The maximum atomic E-state index is 13.1. The van der Waals surface area contributed by atoms with Gasteiger partial charge in [0.05, 0.1) is 16.9 Å². The second-order valence-corrected chi connectivity index (χ2v) is 5.66. The van der Waals surface area contributed by atoms with E-state index in [0.29, 0.717) is 0 Å². The summed E-state index contributed by atoms with van der Waals surface area (Å²) in [6.07, 6.45) is -2.80. The SMILES string of the molecule is C[C@@H](Nc1nc(N)nc(N)c1C#N)c1nc2cccc(C(F)F)c2c(=O)[nH]1. The highest BCUT2D eigenvalue weighted by Gasteiger charge is 2.19. The number of aromatic amines is 1. The summed E-state index contributed by atoms with van der Waals surface area (Å²) < 4.78 is 26.2. The third-order valence-electron chi connectivity index (χ3n) is 3.85. The molecule has 0 aliphatic rings. The molecule has 0 saturated carbocycles. The number of H-pyrrole nitrogens is 1. The van der Waals surface area contributed by atoms with Crippen LogP contribution in [0.2, 0.25) is 0 Å². The van der Waals surface area contributed by atoms with Gasteiger partial charge in [-0.3, -0.25) is 4.79 Å². The molecule has 138 valence electrons. The number of nitrogens with one attached hydrogen (secondary N) is 2. The summed E-state index contributed by atoms with van der Waals surface area (Å²) in [7, 11) is 0. The number of hydrogen-bond donors (Lipinski definition) is 4. The highest BCUT2D eigenvalue weighted by molar-refractivity contribution is 5.81. The predicted octanol–water partition coefficient (Wildman–Crippen LogP) is 1.86. The molecule has 0 aliphatic heterocycles. The van der Waals surface area contributed by atoms with E-state index in [4.69, 9.17) is 11.5 Å². The molecule has 6 N–H and O–H groups in total. The molecule has 0 amide bonds. The minimum atomic E-state index is -2.80. The lowest BCUT2D eigenvalue weighted by Gasteiger charge is -2.16. The van der Waals surface area contributed by atoms with Gasteiger partial charge in [0.15, 0.2) is 5.82 Å². The molecule has 0 bridgehead atoms. The molecule has 0 radical (unpaired) electrons. The quantitative estimate of drug-likeness (QED) is 0.540. The van der Waals surface area contributed by atoms with Gasteiger partial charge in [0, 0.05) is 5.56 Å². The van der Waals surface area contributed by atoms with Crippen molar-refractivity contribution in [3.63, 3.8) is 0 Å². The second-order valence-electron chi connectivity index (χ2n) is 5.66. The fourth-order valence-corrected chi connectivity index (χ4v) is 2.61. The number of halogens is 2. The molecule has 3 aromatic rings. The van der Waals surface area contributed by atoms with E-state index in [1.807, 2.05) is 6.07 Å². The summed E-state index contributed by atoms with van der Waals surface area (Å²) in [4.78, 5) is 26.7. The van der Waals surface area contributed by atoms with E-state index >= 15 is 0 Å². The van der Waals surface area contributed by atoms with Gasteiger partial charge in [-0.1, -0.05) is 12.1 Å². The number of nitrogen functional groups attached to an aromatic ring is 2. The van der Waals surface area contributed by atoms with Gasteiger partial charge in [0.25, 0.3) is 12.0 Å². The predicted molar refractivity (Wildman–Crippen MR) is 94.9 cm³/mol. The van der Waals surface area contributed by atoms with Crippen LogP contribution < -0.4 is 22.3 Å². The summed E-state index contributed by atoms with van der Waals surface area (Å²) in [5.74, 6) is 0.00150. The van der Waals surface area contributed by atoms with Crippen LogP contribution in [0.3, 0.4) is 0 Å². The fourth-order valence-electron chi connectivity index (χ4n) is 2.61. The Bertz CT molecular complexity index is 1120. The Morgan fingerprint density at radius 1 is 1.26 bits per heavy atom. The zero-order valence-corrected chi connectivity index (χ0v) is 14.0. The first kappa shape index (κ1) is 18.0. The molecule has 2 heterocycles. The Kier molecular flexibility index (Phi) is 4.55. The van der Waals surface area contributed by atoms with Crippen molar-refractivity contribution in [1.82, 2.24) is 19.9 Å². The molecule has 0 saturated heterocycles. The molecule has 9 nitrogen and oxygen atoms in total. The number of alkyl halides is 2. The van der Waals surface area contributed by atoms with Crippen molar-refractivity contribution in [1.29, 1.82) is 5.26 Å². The Hall–Kier alpha value is -3.81. The third kappa shape index (κ3) is 3.32. The van der Waals surface area contributed by atoms with Gasteiger partial charge in [-0.2, -0.15) is 15.2 Å². The van der Waals surface area contributed by atoms with Gasteiger partial charge in [-0.25, -0.2) is 13.8 Å². The number of benzene rings is 1. The number of nitrogens with zero attached hydrogens (tertiary/aromatic N) is 4. The first-order chi connectivity index (χ1) is 12.8. The molecular weight excluding hydrogens is 358 g/mol. The topological polar surface area (TPSA) is 159 Å². The molecule has 0 spiro atoms. The van der Waals surface area contributed by atoms with E-state index in [2.05, 4.69) is 25.3 Å². The van der Waals surface area contributed by atoms with Crippen LogP contribution in [0.15, 0.2) is 23.0 Å². The summed E-state index contributed by atoms with van der Waals surface area (Å²) in [6.45, 7) is 1.64. The van der Waals surface area contributed by atoms with Crippen LogP contribution >= 0.6 is 0 Å². The van der Waals surface area contributed by atoms with Gasteiger partial charge in [-0.05, 0) is 13.0 Å². The van der Waals surface area contributed by atoms with Crippen LogP contribution in [0.5, 0.6) is 0 Å². The molecule has 2 aromatic heterocycles. The monoisotopic (exact) mass is 372 g/mol. The highest BCUT2D eigenvalue weighted by Crippen LogP contribution is 2.26. The van der Waals surface area contributed by atoms with E-state index in [1.165, 1.54) is 18.2 Å². The standard InChI is InChI=1S/C16H14F2N8O/c1-6(22-14-8(5-19)12(20)24-16(21)26-14)13-23-9-4-2-3-7(11(17)18)10(9)15(27)25-13/h2-4,6,11H,1H3,(H,23,25,27)(H5,20,21,22,24,26)/t6-/m1/s1. The molecule has 0 aliphatic carbocycles. The molecule has 27 heavy (non-hydrogen) atoms. The van der Waals surface area contributed by atoms with Crippen LogP contribution in [0, 0.1) is 11.3 Å². The number of hydrogen-bond acceptors (Lipinski definition) is 8. The van der Waals surface area contributed by atoms with Crippen molar-refractivity contribution in [2.45, 2.75) is 19.4 Å². The van der Waals surface area contributed by atoms with E-state index < -0.39 is 23.6 Å². The van der Waals surface area contributed by atoms with Gasteiger partial charge in [-0.15, -0.1) is 0 Å². The Balaban J connectivity index is 2.04. The third-order valence-corrected chi connectivity index (χ3v) is 3.85. The molecule has 11 heteroatoms. The van der Waals surface area contributed by atoms with Crippen LogP contribution in [0.4, 0.5) is 26.4 Å². The summed E-state index contributed by atoms with van der Waals surface area (Å²) in [5, 5.41) is 11.9. The lowest BCUT2D eigenvalue weighted by molar-refractivity contribution is 0.153. The normalized spacial score (nSPS) is 12.1. The number of nitriles is 1. The number of aromatic nitrogens is 4. The van der Waals surface area contributed by atoms with Crippen molar-refractivity contribution in [3.05, 3.63) is 45.5 Å².